The molecule has 0 spiro atoms. The summed E-state index contributed by atoms with van der Waals surface area (Å²) in [6, 6.07) is 5.37. The summed E-state index contributed by atoms with van der Waals surface area (Å²) < 4.78 is 0. The van der Waals surface area contributed by atoms with Crippen molar-refractivity contribution in [3.05, 3.63) is 33.8 Å². The second kappa shape index (κ2) is 6.98. The Bertz CT molecular complexity index is 423. The highest BCUT2D eigenvalue weighted by Gasteiger charge is 2.14. The van der Waals surface area contributed by atoms with E-state index in [4.69, 9.17) is 28.9 Å². The maximum Gasteiger partial charge on any atom is 0.222 e. The van der Waals surface area contributed by atoms with E-state index in [2.05, 4.69) is 0 Å². The van der Waals surface area contributed by atoms with Gasteiger partial charge >= 0.3 is 0 Å². The highest BCUT2D eigenvalue weighted by molar-refractivity contribution is 6.35. The second-order valence-corrected chi connectivity index (χ2v) is 5.17. The summed E-state index contributed by atoms with van der Waals surface area (Å²) in [4.78, 5) is 13.6. The molecule has 0 heterocycles. The number of benzene rings is 1. The molecule has 1 aromatic rings. The van der Waals surface area contributed by atoms with Crippen LogP contribution in [0.3, 0.4) is 0 Å². The van der Waals surface area contributed by atoms with Crippen molar-refractivity contribution in [2.75, 3.05) is 13.6 Å². The molecule has 0 aliphatic rings. The van der Waals surface area contributed by atoms with Gasteiger partial charge in [0.2, 0.25) is 5.91 Å². The van der Waals surface area contributed by atoms with Crippen molar-refractivity contribution in [1.82, 2.24) is 4.90 Å². The number of halogens is 2. The van der Waals surface area contributed by atoms with Crippen LogP contribution in [0.4, 0.5) is 0 Å². The lowest BCUT2D eigenvalue weighted by Crippen LogP contribution is -2.39. The Morgan fingerprint density at radius 3 is 2.67 bits per heavy atom. The van der Waals surface area contributed by atoms with Crippen LogP contribution >= 0.6 is 23.2 Å². The average molecular weight is 289 g/mol. The van der Waals surface area contributed by atoms with E-state index in [-0.39, 0.29) is 11.9 Å². The smallest absolute Gasteiger partial charge is 0.222 e. The molecule has 0 saturated carbocycles. The first kappa shape index (κ1) is 15.3. The molecule has 1 amide bonds. The maximum absolute atomic E-state index is 11.9. The lowest BCUT2D eigenvalue weighted by atomic mass is 10.1. The molecule has 1 atom stereocenters. The minimum Gasteiger partial charge on any atom is -0.342 e. The molecule has 0 aliphatic carbocycles. The van der Waals surface area contributed by atoms with Gasteiger partial charge in [0, 0.05) is 36.1 Å². The molecule has 0 aliphatic heterocycles. The molecule has 1 aromatic carbocycles. The number of likely N-dealkylation sites (N-methyl/N-ethyl adjacent to an activating group) is 1. The number of carbonyl (C=O) groups excluding carboxylic acids is 1. The van der Waals surface area contributed by atoms with Gasteiger partial charge < -0.3 is 10.6 Å². The second-order valence-electron chi connectivity index (χ2n) is 4.33. The molecule has 1 unspecified atom stereocenters. The van der Waals surface area contributed by atoms with Crippen LogP contribution < -0.4 is 5.73 Å². The highest BCUT2D eigenvalue weighted by Crippen LogP contribution is 2.22. The van der Waals surface area contributed by atoms with Gasteiger partial charge in [0.25, 0.3) is 0 Å². The molecule has 0 saturated heterocycles. The van der Waals surface area contributed by atoms with Crippen molar-refractivity contribution in [2.24, 2.45) is 5.73 Å². The van der Waals surface area contributed by atoms with Gasteiger partial charge in [-0.1, -0.05) is 29.3 Å². The molecule has 3 nitrogen and oxygen atoms in total. The Balaban J connectivity index is 2.57. The quantitative estimate of drug-likeness (QED) is 0.906. The van der Waals surface area contributed by atoms with Crippen molar-refractivity contribution >= 4 is 29.1 Å². The molecule has 100 valence electrons. The predicted molar refractivity (Wildman–Crippen MR) is 76.1 cm³/mol. The van der Waals surface area contributed by atoms with Crippen molar-refractivity contribution in [3.8, 4) is 0 Å². The molecule has 0 radical (unpaired) electrons. The Morgan fingerprint density at radius 2 is 2.11 bits per heavy atom. The van der Waals surface area contributed by atoms with Gasteiger partial charge in [0.05, 0.1) is 0 Å². The van der Waals surface area contributed by atoms with Crippen molar-refractivity contribution in [2.45, 2.75) is 25.8 Å². The summed E-state index contributed by atoms with van der Waals surface area (Å²) in [6.45, 7) is 2.39. The summed E-state index contributed by atoms with van der Waals surface area (Å²) in [7, 11) is 1.77. The summed E-state index contributed by atoms with van der Waals surface area (Å²) in [5, 5.41) is 1.20. The van der Waals surface area contributed by atoms with Gasteiger partial charge in [-0.3, -0.25) is 4.79 Å². The van der Waals surface area contributed by atoms with Crippen LogP contribution in [0, 0.1) is 0 Å². The number of aryl methyl sites for hydroxylation is 1. The highest BCUT2D eigenvalue weighted by atomic mass is 35.5. The van der Waals surface area contributed by atoms with Crippen LogP contribution in [0.15, 0.2) is 18.2 Å². The summed E-state index contributed by atoms with van der Waals surface area (Å²) in [5.41, 5.74) is 6.46. The lowest BCUT2D eigenvalue weighted by Gasteiger charge is -2.23. The largest absolute Gasteiger partial charge is 0.342 e. The van der Waals surface area contributed by atoms with Gasteiger partial charge in [0.1, 0.15) is 0 Å². The number of amides is 1. The van der Waals surface area contributed by atoms with Gasteiger partial charge in [-0.25, -0.2) is 0 Å². The van der Waals surface area contributed by atoms with Gasteiger partial charge in [0.15, 0.2) is 0 Å². The molecule has 0 aromatic heterocycles. The number of carbonyl (C=O) groups is 1. The molecule has 2 N–H and O–H groups in total. The zero-order valence-electron chi connectivity index (χ0n) is 10.6. The van der Waals surface area contributed by atoms with Gasteiger partial charge in [-0.2, -0.15) is 0 Å². The van der Waals surface area contributed by atoms with E-state index in [1.807, 2.05) is 13.0 Å². The zero-order valence-corrected chi connectivity index (χ0v) is 12.1. The minimum atomic E-state index is 0.0539. The standard InChI is InChI=1S/C13H18Cl2N2O/c1-9(8-16)17(2)13(18)6-4-10-3-5-11(14)7-12(10)15/h3,5,7,9H,4,6,8,16H2,1-2H3. The Kier molecular flexibility index (Phi) is 5.93. The average Bonchev–Trinajstić information content (AvgIpc) is 2.35. The third-order valence-electron chi connectivity index (χ3n) is 3.02. The Morgan fingerprint density at radius 1 is 1.44 bits per heavy atom. The molecule has 0 bridgehead atoms. The first-order chi connectivity index (χ1) is 8.45. The SMILES string of the molecule is CC(CN)N(C)C(=O)CCc1ccc(Cl)cc1Cl. The van der Waals surface area contributed by atoms with Crippen LogP contribution in [0.5, 0.6) is 0 Å². The zero-order chi connectivity index (χ0) is 13.7. The maximum atomic E-state index is 11.9. The lowest BCUT2D eigenvalue weighted by molar-refractivity contribution is -0.131. The van der Waals surface area contributed by atoms with Crippen LogP contribution in [0.25, 0.3) is 0 Å². The summed E-state index contributed by atoms with van der Waals surface area (Å²) in [6.07, 6.45) is 1.03. The van der Waals surface area contributed by atoms with E-state index in [9.17, 15) is 4.79 Å². The van der Waals surface area contributed by atoms with E-state index >= 15 is 0 Å². The monoisotopic (exact) mass is 288 g/mol. The predicted octanol–water partition coefficient (Wildman–Crippen LogP) is 2.73. The molecule has 0 fully saturated rings. The molecule has 5 heteroatoms. The van der Waals surface area contributed by atoms with Crippen molar-refractivity contribution in [1.29, 1.82) is 0 Å². The van der Waals surface area contributed by atoms with Crippen molar-refractivity contribution < 1.29 is 4.79 Å². The normalized spacial score (nSPS) is 12.3. The van der Waals surface area contributed by atoms with E-state index in [1.54, 1.807) is 24.1 Å². The van der Waals surface area contributed by atoms with Crippen LogP contribution in [-0.4, -0.2) is 30.4 Å². The van der Waals surface area contributed by atoms with Gasteiger partial charge in [-0.05, 0) is 31.0 Å². The van der Waals surface area contributed by atoms with Crippen LogP contribution in [0.2, 0.25) is 10.0 Å². The molecular formula is C13H18Cl2N2O. The molecular weight excluding hydrogens is 271 g/mol. The molecule has 1 rings (SSSR count). The fourth-order valence-electron chi connectivity index (χ4n) is 1.55. The van der Waals surface area contributed by atoms with Crippen LogP contribution in [-0.2, 0) is 11.2 Å². The summed E-state index contributed by atoms with van der Waals surface area (Å²) in [5.74, 6) is 0.0685. The number of rotatable bonds is 5. The third-order valence-corrected chi connectivity index (χ3v) is 3.61. The fraction of sp³-hybridized carbons (Fsp3) is 0.462. The van der Waals surface area contributed by atoms with E-state index in [0.717, 1.165) is 5.56 Å². The van der Waals surface area contributed by atoms with E-state index in [1.165, 1.54) is 0 Å². The number of hydrogen-bond acceptors (Lipinski definition) is 2. The van der Waals surface area contributed by atoms with Gasteiger partial charge in [-0.15, -0.1) is 0 Å². The Hall–Kier alpha value is -0.770. The van der Waals surface area contributed by atoms with E-state index in [0.29, 0.717) is 29.4 Å². The number of nitrogens with zero attached hydrogens (tertiary/aromatic N) is 1. The summed E-state index contributed by atoms with van der Waals surface area (Å²) >= 11 is 11.9. The number of nitrogens with two attached hydrogens (primary N) is 1. The molecule has 18 heavy (non-hydrogen) atoms. The van der Waals surface area contributed by atoms with E-state index < -0.39 is 0 Å². The van der Waals surface area contributed by atoms with Crippen LogP contribution in [0.1, 0.15) is 18.9 Å². The minimum absolute atomic E-state index is 0.0539. The topological polar surface area (TPSA) is 46.3 Å². The first-order valence-electron chi connectivity index (χ1n) is 5.85. The first-order valence-corrected chi connectivity index (χ1v) is 6.61. The van der Waals surface area contributed by atoms with Crippen molar-refractivity contribution in [3.63, 3.8) is 0 Å². The third kappa shape index (κ3) is 4.16. The fourth-order valence-corrected chi connectivity index (χ4v) is 2.05. The Labute approximate surface area is 118 Å². The number of hydrogen-bond donors (Lipinski definition) is 1.